The van der Waals surface area contributed by atoms with Gasteiger partial charge in [-0.15, -0.1) is 0 Å². The van der Waals surface area contributed by atoms with Gasteiger partial charge in [-0.25, -0.2) is 0 Å². The fraction of sp³-hybridized carbons (Fsp3) is 0.250. The molecule has 0 spiro atoms. The van der Waals surface area contributed by atoms with E-state index in [-0.39, 0.29) is 10.2 Å². The number of thioether (sulfide) groups is 2. The van der Waals surface area contributed by atoms with E-state index in [4.69, 9.17) is 0 Å². The van der Waals surface area contributed by atoms with Gasteiger partial charge in [0.1, 0.15) is 0 Å². The van der Waals surface area contributed by atoms with Crippen molar-refractivity contribution in [3.8, 4) is 0 Å². The Hall–Kier alpha value is -0.480. The van der Waals surface area contributed by atoms with Gasteiger partial charge in [-0.2, -0.15) is 0 Å². The van der Waals surface area contributed by atoms with Gasteiger partial charge in [0.2, 0.25) is 10.2 Å². The zero-order valence-electron chi connectivity index (χ0n) is 6.62. The molecule has 0 heterocycles. The summed E-state index contributed by atoms with van der Waals surface area (Å²) in [4.78, 5) is 21.3. The molecule has 0 aliphatic rings. The lowest BCUT2D eigenvalue weighted by atomic mass is 10.7. The first-order valence-corrected chi connectivity index (χ1v) is 5.26. The minimum absolute atomic E-state index is 0.0540. The summed E-state index contributed by atoms with van der Waals surface area (Å²) in [5.74, 6) is 1.27. The monoisotopic (exact) mass is 202 g/mol. The smallest absolute Gasteiger partial charge is 0.211 e. The van der Waals surface area contributed by atoms with Crippen LogP contribution < -0.4 is 0 Å². The van der Waals surface area contributed by atoms with Crippen LogP contribution in [0.25, 0.3) is 0 Å². The molecule has 4 heteroatoms. The molecule has 0 fully saturated rings. The summed E-state index contributed by atoms with van der Waals surface area (Å²) in [6.07, 6.45) is 2.54. The maximum absolute atomic E-state index is 10.7. The van der Waals surface area contributed by atoms with Gasteiger partial charge in [0.05, 0.1) is 0 Å². The average Bonchev–Trinajstić information content (AvgIpc) is 2.11. The van der Waals surface area contributed by atoms with Crippen LogP contribution in [0.3, 0.4) is 0 Å². The number of rotatable bonds is 5. The summed E-state index contributed by atoms with van der Waals surface area (Å²) in [5.41, 5.74) is 0. The summed E-state index contributed by atoms with van der Waals surface area (Å²) in [5, 5.41) is -0.108. The molecule has 0 rings (SSSR count). The molecule has 0 amide bonds. The maximum Gasteiger partial charge on any atom is 0.211 e. The van der Waals surface area contributed by atoms with E-state index in [1.54, 1.807) is 0 Å². The Morgan fingerprint density at radius 3 is 1.58 bits per heavy atom. The van der Waals surface area contributed by atoms with Gasteiger partial charge < -0.3 is 0 Å². The van der Waals surface area contributed by atoms with Gasteiger partial charge in [-0.1, -0.05) is 36.7 Å². The molecular formula is C8H10O2S2. The highest BCUT2D eigenvalue weighted by Crippen LogP contribution is 2.09. The van der Waals surface area contributed by atoms with Crippen molar-refractivity contribution in [3.05, 3.63) is 25.3 Å². The molecule has 12 heavy (non-hydrogen) atoms. The summed E-state index contributed by atoms with van der Waals surface area (Å²) < 4.78 is 0. The first-order valence-electron chi connectivity index (χ1n) is 3.29. The standard InChI is InChI=1S/C8H10O2S2/c1-3-7(9)11-5-6-12-8(10)4-2/h3-4H,1-2,5-6H2. The second-order valence-electron chi connectivity index (χ2n) is 1.74. The molecular weight excluding hydrogens is 192 g/mol. The third-order valence-corrected chi connectivity index (χ3v) is 2.88. The van der Waals surface area contributed by atoms with Crippen LogP contribution in [-0.4, -0.2) is 21.7 Å². The predicted octanol–water partition coefficient (Wildman–Crippen LogP) is 1.88. The zero-order valence-corrected chi connectivity index (χ0v) is 8.25. The van der Waals surface area contributed by atoms with E-state index in [2.05, 4.69) is 13.2 Å². The third-order valence-electron chi connectivity index (χ3n) is 0.905. The molecule has 0 radical (unpaired) electrons. The molecule has 0 bridgehead atoms. The SMILES string of the molecule is C=CC(=O)SCCSC(=O)C=C. The van der Waals surface area contributed by atoms with Crippen molar-refractivity contribution in [2.45, 2.75) is 0 Å². The minimum Gasteiger partial charge on any atom is -0.282 e. The molecule has 0 aromatic rings. The molecule has 0 aliphatic carbocycles. The van der Waals surface area contributed by atoms with E-state index in [9.17, 15) is 9.59 Å². The van der Waals surface area contributed by atoms with E-state index in [0.717, 1.165) is 23.5 Å². The summed E-state index contributed by atoms with van der Waals surface area (Å²) in [7, 11) is 0. The fourth-order valence-corrected chi connectivity index (χ4v) is 1.71. The van der Waals surface area contributed by atoms with Crippen molar-refractivity contribution in [2.75, 3.05) is 11.5 Å². The van der Waals surface area contributed by atoms with E-state index in [0.29, 0.717) is 11.5 Å². The average molecular weight is 202 g/mol. The van der Waals surface area contributed by atoms with Gasteiger partial charge >= 0.3 is 0 Å². The molecule has 0 aromatic heterocycles. The second kappa shape index (κ2) is 7.18. The lowest BCUT2D eigenvalue weighted by Crippen LogP contribution is -1.93. The minimum atomic E-state index is -0.0540. The van der Waals surface area contributed by atoms with Crippen molar-refractivity contribution in [2.24, 2.45) is 0 Å². The van der Waals surface area contributed by atoms with Crippen LogP contribution in [0.5, 0.6) is 0 Å². The lowest BCUT2D eigenvalue weighted by Gasteiger charge is -1.94. The Kier molecular flexibility index (Phi) is 6.90. The number of hydrogen-bond acceptors (Lipinski definition) is 4. The Morgan fingerprint density at radius 1 is 1.00 bits per heavy atom. The molecule has 0 atom stereocenters. The van der Waals surface area contributed by atoms with Crippen molar-refractivity contribution in [1.82, 2.24) is 0 Å². The molecule has 0 aliphatic heterocycles. The van der Waals surface area contributed by atoms with Crippen LogP contribution in [0.1, 0.15) is 0 Å². The molecule has 0 saturated heterocycles. The van der Waals surface area contributed by atoms with E-state index >= 15 is 0 Å². The number of carbonyl (C=O) groups is 2. The van der Waals surface area contributed by atoms with Crippen molar-refractivity contribution in [1.29, 1.82) is 0 Å². The first kappa shape index (κ1) is 11.5. The van der Waals surface area contributed by atoms with Crippen LogP contribution in [0.15, 0.2) is 25.3 Å². The summed E-state index contributed by atoms with van der Waals surface area (Å²) in [6.45, 7) is 6.66. The van der Waals surface area contributed by atoms with Crippen molar-refractivity contribution >= 4 is 33.8 Å². The van der Waals surface area contributed by atoms with E-state index < -0.39 is 0 Å². The molecule has 0 saturated carbocycles. The molecule has 2 nitrogen and oxygen atoms in total. The Balaban J connectivity index is 3.32. The van der Waals surface area contributed by atoms with Crippen LogP contribution in [-0.2, 0) is 9.59 Å². The Morgan fingerprint density at radius 2 is 1.33 bits per heavy atom. The van der Waals surface area contributed by atoms with Crippen LogP contribution in [0.4, 0.5) is 0 Å². The van der Waals surface area contributed by atoms with E-state index in [1.807, 2.05) is 0 Å². The largest absolute Gasteiger partial charge is 0.282 e. The Bertz CT molecular complexity index is 177. The zero-order chi connectivity index (χ0) is 9.40. The highest BCUT2D eigenvalue weighted by atomic mass is 32.2. The highest BCUT2D eigenvalue weighted by molar-refractivity contribution is 8.17. The lowest BCUT2D eigenvalue weighted by molar-refractivity contribution is -0.107. The molecule has 0 unspecified atom stereocenters. The Labute approximate surface area is 80.5 Å². The summed E-state index contributed by atoms with van der Waals surface area (Å²) in [6, 6.07) is 0. The highest BCUT2D eigenvalue weighted by Gasteiger charge is 1.98. The van der Waals surface area contributed by atoms with Crippen molar-refractivity contribution < 1.29 is 9.59 Å². The van der Waals surface area contributed by atoms with Gasteiger partial charge in [-0.3, -0.25) is 9.59 Å². The van der Waals surface area contributed by atoms with Gasteiger partial charge in [0, 0.05) is 11.5 Å². The maximum atomic E-state index is 10.7. The first-order chi connectivity index (χ1) is 5.70. The van der Waals surface area contributed by atoms with E-state index in [1.165, 1.54) is 12.2 Å². The molecule has 0 aromatic carbocycles. The number of hydrogen-bond donors (Lipinski definition) is 0. The van der Waals surface area contributed by atoms with Gasteiger partial charge in [0.25, 0.3) is 0 Å². The summed E-state index contributed by atoms with van der Waals surface area (Å²) >= 11 is 2.33. The fourth-order valence-electron chi connectivity index (χ4n) is 0.402. The number of carbonyl (C=O) groups excluding carboxylic acids is 2. The van der Waals surface area contributed by atoms with Crippen LogP contribution in [0, 0.1) is 0 Å². The quantitative estimate of drug-likeness (QED) is 0.503. The third kappa shape index (κ3) is 6.24. The molecule has 0 N–H and O–H groups in total. The van der Waals surface area contributed by atoms with Gasteiger partial charge in [-0.05, 0) is 12.2 Å². The van der Waals surface area contributed by atoms with Crippen LogP contribution >= 0.6 is 23.5 Å². The van der Waals surface area contributed by atoms with Crippen molar-refractivity contribution in [3.63, 3.8) is 0 Å². The van der Waals surface area contributed by atoms with Gasteiger partial charge in [0.15, 0.2) is 0 Å². The predicted molar refractivity (Wildman–Crippen MR) is 55.3 cm³/mol. The second-order valence-corrected chi connectivity index (χ2v) is 3.94. The van der Waals surface area contributed by atoms with Crippen LogP contribution in [0.2, 0.25) is 0 Å². The molecule has 66 valence electrons. The topological polar surface area (TPSA) is 34.1 Å². The normalized spacial score (nSPS) is 9.00.